The van der Waals surface area contributed by atoms with Gasteiger partial charge in [-0.05, 0) is 87.7 Å². The normalized spacial score (nSPS) is 28.9. The average molecular weight is 509 g/mol. The molecule has 0 aliphatic heterocycles. The molecule has 6 nitrogen and oxygen atoms in total. The molecule has 2 fully saturated rings. The van der Waals surface area contributed by atoms with E-state index < -0.39 is 5.41 Å². The van der Waals surface area contributed by atoms with E-state index in [1.807, 2.05) is 0 Å². The van der Waals surface area contributed by atoms with Crippen LogP contribution in [0.4, 0.5) is 0 Å². The summed E-state index contributed by atoms with van der Waals surface area (Å²) in [6, 6.07) is 3.41. The molecule has 3 aliphatic rings. The van der Waals surface area contributed by atoms with Gasteiger partial charge in [-0.1, -0.05) is 37.1 Å². The lowest BCUT2D eigenvalue weighted by Gasteiger charge is -2.57. The van der Waals surface area contributed by atoms with Gasteiger partial charge in [-0.15, -0.1) is 0 Å². The number of carbonyl (C=O) groups is 3. The summed E-state index contributed by atoms with van der Waals surface area (Å²) < 4.78 is 16.2. The standard InChI is InChI=1S/C31H40O6/c1-19-8-15-28-30(4,16-7-17-31(28,5)29(34)35-6)25(19)12-10-22-9-11-23-24(18-22)27(37-21(3)33)14-13-26(23)36-20(2)32/h9,13-14,25,28H,1,7-8,10-12,15-18H2,2-6H3/t25-,28+,30+,31-/m0/s1. The second-order valence-corrected chi connectivity index (χ2v) is 11.6. The Hall–Kier alpha value is -2.89. The van der Waals surface area contributed by atoms with Gasteiger partial charge in [0.25, 0.3) is 0 Å². The predicted molar refractivity (Wildman–Crippen MR) is 141 cm³/mol. The minimum Gasteiger partial charge on any atom is -0.469 e. The number of carbonyl (C=O) groups excluding carboxylic acids is 3. The van der Waals surface area contributed by atoms with Gasteiger partial charge in [0.05, 0.1) is 12.5 Å². The Kier molecular flexibility index (Phi) is 7.68. The van der Waals surface area contributed by atoms with Crippen LogP contribution in [0.2, 0.25) is 0 Å². The van der Waals surface area contributed by atoms with Gasteiger partial charge in [-0.2, -0.15) is 0 Å². The molecule has 37 heavy (non-hydrogen) atoms. The zero-order valence-electron chi connectivity index (χ0n) is 22.9. The van der Waals surface area contributed by atoms with Gasteiger partial charge in [0.1, 0.15) is 11.5 Å². The summed E-state index contributed by atoms with van der Waals surface area (Å²) in [5.41, 5.74) is 3.94. The first-order valence-electron chi connectivity index (χ1n) is 13.4. The molecule has 0 bridgehead atoms. The van der Waals surface area contributed by atoms with Crippen LogP contribution in [-0.4, -0.2) is 25.0 Å². The van der Waals surface area contributed by atoms with Gasteiger partial charge in [0.2, 0.25) is 0 Å². The number of fused-ring (bicyclic) bond motifs is 2. The highest BCUT2D eigenvalue weighted by molar-refractivity contribution is 5.77. The zero-order valence-corrected chi connectivity index (χ0v) is 22.9. The second kappa shape index (κ2) is 10.5. The number of hydrogen-bond donors (Lipinski definition) is 0. The van der Waals surface area contributed by atoms with E-state index in [-0.39, 0.29) is 29.2 Å². The molecule has 1 aromatic rings. The summed E-state index contributed by atoms with van der Waals surface area (Å²) in [4.78, 5) is 36.2. The third-order valence-corrected chi connectivity index (χ3v) is 9.28. The molecule has 0 heterocycles. The highest BCUT2D eigenvalue weighted by atomic mass is 16.5. The average Bonchev–Trinajstić information content (AvgIpc) is 2.83. The first-order chi connectivity index (χ1) is 17.5. The Morgan fingerprint density at radius 2 is 1.68 bits per heavy atom. The van der Waals surface area contributed by atoms with E-state index in [0.29, 0.717) is 30.3 Å². The number of esters is 3. The fraction of sp³-hybridized carbons (Fsp3) is 0.581. The SMILES string of the molecule is C=C1CC[C@@H]2[C@](C)(CCC[C@]2(C)C(=O)OC)[C@H]1CCC1=CCc2c(OC(C)=O)ccc(OC(C)=O)c2C1. The molecule has 0 aromatic heterocycles. The molecule has 0 unspecified atom stereocenters. The predicted octanol–water partition coefficient (Wildman–Crippen LogP) is 6.29. The van der Waals surface area contributed by atoms with Crippen LogP contribution in [0.25, 0.3) is 0 Å². The van der Waals surface area contributed by atoms with Gasteiger partial charge in [-0.3, -0.25) is 14.4 Å². The molecule has 2 saturated carbocycles. The van der Waals surface area contributed by atoms with Gasteiger partial charge in [0.15, 0.2) is 0 Å². The van der Waals surface area contributed by atoms with Crippen LogP contribution < -0.4 is 9.47 Å². The lowest BCUT2D eigenvalue weighted by atomic mass is 9.46. The lowest BCUT2D eigenvalue weighted by molar-refractivity contribution is -0.168. The topological polar surface area (TPSA) is 78.9 Å². The molecule has 0 radical (unpaired) electrons. The van der Waals surface area contributed by atoms with Crippen LogP contribution in [0, 0.1) is 22.7 Å². The molecule has 0 N–H and O–H groups in total. The van der Waals surface area contributed by atoms with Crippen molar-refractivity contribution in [3.05, 3.63) is 47.1 Å². The van der Waals surface area contributed by atoms with Crippen molar-refractivity contribution in [2.75, 3.05) is 7.11 Å². The summed E-state index contributed by atoms with van der Waals surface area (Å²) in [6.45, 7) is 11.7. The Bertz CT molecular complexity index is 1150. The first-order valence-corrected chi connectivity index (χ1v) is 13.4. The van der Waals surface area contributed by atoms with Crippen LogP contribution in [0.3, 0.4) is 0 Å². The maximum absolute atomic E-state index is 12.9. The van der Waals surface area contributed by atoms with Gasteiger partial charge in [-0.25, -0.2) is 0 Å². The Labute approximate surface area is 220 Å². The molecule has 200 valence electrons. The number of ether oxygens (including phenoxy) is 3. The van der Waals surface area contributed by atoms with Crippen molar-refractivity contribution in [2.45, 2.75) is 85.5 Å². The summed E-state index contributed by atoms with van der Waals surface area (Å²) in [5, 5.41) is 0. The van der Waals surface area contributed by atoms with Crippen molar-refractivity contribution in [1.29, 1.82) is 0 Å². The number of methoxy groups -OCH3 is 1. The van der Waals surface area contributed by atoms with E-state index in [1.54, 1.807) is 12.1 Å². The molecule has 0 amide bonds. The fourth-order valence-corrected chi connectivity index (χ4v) is 7.59. The molecule has 0 spiro atoms. The molecule has 3 aliphatic carbocycles. The van der Waals surface area contributed by atoms with Crippen LogP contribution in [0.5, 0.6) is 11.5 Å². The number of benzene rings is 1. The fourth-order valence-electron chi connectivity index (χ4n) is 7.59. The van der Waals surface area contributed by atoms with Crippen molar-refractivity contribution < 1.29 is 28.6 Å². The minimum absolute atomic E-state index is 0.00898. The molecule has 1 aromatic carbocycles. The van der Waals surface area contributed by atoms with Crippen molar-refractivity contribution in [1.82, 2.24) is 0 Å². The summed E-state index contributed by atoms with van der Waals surface area (Å²) >= 11 is 0. The van der Waals surface area contributed by atoms with Crippen LogP contribution >= 0.6 is 0 Å². The van der Waals surface area contributed by atoms with E-state index in [9.17, 15) is 14.4 Å². The molecule has 0 saturated heterocycles. The Balaban J connectivity index is 1.56. The maximum atomic E-state index is 12.9. The molecular weight excluding hydrogens is 468 g/mol. The summed E-state index contributed by atoms with van der Waals surface area (Å²) in [5.74, 6) is 0.832. The van der Waals surface area contributed by atoms with E-state index >= 15 is 0 Å². The van der Waals surface area contributed by atoms with Crippen LogP contribution in [0.1, 0.15) is 83.8 Å². The maximum Gasteiger partial charge on any atom is 0.311 e. The van der Waals surface area contributed by atoms with Crippen molar-refractivity contribution in [2.24, 2.45) is 22.7 Å². The monoisotopic (exact) mass is 508 g/mol. The van der Waals surface area contributed by atoms with Crippen LogP contribution in [0.15, 0.2) is 35.9 Å². The Morgan fingerprint density at radius 1 is 1.03 bits per heavy atom. The van der Waals surface area contributed by atoms with Gasteiger partial charge >= 0.3 is 17.9 Å². The molecule has 6 heteroatoms. The highest BCUT2D eigenvalue weighted by Crippen LogP contribution is 2.62. The van der Waals surface area contributed by atoms with E-state index in [0.717, 1.165) is 56.1 Å². The molecule has 4 rings (SSSR count). The van der Waals surface area contributed by atoms with Crippen molar-refractivity contribution >= 4 is 17.9 Å². The van der Waals surface area contributed by atoms with Crippen molar-refractivity contribution in [3.8, 4) is 11.5 Å². The second-order valence-electron chi connectivity index (χ2n) is 11.6. The van der Waals surface area contributed by atoms with Crippen LogP contribution in [-0.2, 0) is 32.0 Å². The van der Waals surface area contributed by atoms with Gasteiger partial charge < -0.3 is 14.2 Å². The van der Waals surface area contributed by atoms with Gasteiger partial charge in [0, 0.05) is 25.0 Å². The quantitative estimate of drug-likeness (QED) is 0.255. The third kappa shape index (κ3) is 5.12. The lowest BCUT2D eigenvalue weighted by Crippen LogP contribution is -2.53. The smallest absolute Gasteiger partial charge is 0.311 e. The molecular formula is C31H40O6. The third-order valence-electron chi connectivity index (χ3n) is 9.28. The van der Waals surface area contributed by atoms with E-state index in [1.165, 1.54) is 32.1 Å². The number of rotatable bonds is 6. The first kappa shape index (κ1) is 27.2. The molecule has 4 atom stereocenters. The van der Waals surface area contributed by atoms with Crippen molar-refractivity contribution in [3.63, 3.8) is 0 Å². The summed E-state index contributed by atoms with van der Waals surface area (Å²) in [7, 11) is 1.50. The summed E-state index contributed by atoms with van der Waals surface area (Å²) in [6.07, 6.45) is 10.3. The van der Waals surface area contributed by atoms with E-state index in [2.05, 4.69) is 26.5 Å². The highest BCUT2D eigenvalue weighted by Gasteiger charge is 2.57. The van der Waals surface area contributed by atoms with E-state index in [4.69, 9.17) is 14.2 Å². The Morgan fingerprint density at radius 3 is 2.30 bits per heavy atom. The number of hydrogen-bond acceptors (Lipinski definition) is 6. The minimum atomic E-state index is -0.449. The zero-order chi connectivity index (χ0) is 27.0. The largest absolute Gasteiger partial charge is 0.469 e. The number of allylic oxidation sites excluding steroid dienone is 3.